The van der Waals surface area contributed by atoms with Crippen LogP contribution in [-0.4, -0.2) is 78.0 Å². The third kappa shape index (κ3) is 5.68. The summed E-state index contributed by atoms with van der Waals surface area (Å²) in [6.07, 6.45) is 11.6. The number of carbonyl (C=O) groups excluding carboxylic acids is 3. The van der Waals surface area contributed by atoms with Crippen LogP contribution in [0.2, 0.25) is 0 Å². The van der Waals surface area contributed by atoms with E-state index in [1.165, 1.54) is 6.42 Å². The van der Waals surface area contributed by atoms with Gasteiger partial charge in [-0.15, -0.1) is 0 Å². The van der Waals surface area contributed by atoms with Gasteiger partial charge in [-0.05, 0) is 70.1 Å². The molecule has 2 bridgehead atoms. The molecule has 3 fully saturated rings. The van der Waals surface area contributed by atoms with Gasteiger partial charge in [-0.2, -0.15) is 0 Å². The van der Waals surface area contributed by atoms with E-state index in [-0.39, 0.29) is 23.8 Å². The summed E-state index contributed by atoms with van der Waals surface area (Å²) in [5, 5.41) is 6.23. The minimum absolute atomic E-state index is 0.123. The smallest absolute Gasteiger partial charge is 0.246 e. The van der Waals surface area contributed by atoms with Crippen LogP contribution in [-0.2, 0) is 19.1 Å². The van der Waals surface area contributed by atoms with E-state index in [1.54, 1.807) is 4.90 Å². The lowest BCUT2D eigenvalue weighted by molar-refractivity contribution is -0.141. The monoisotopic (exact) mass is 600 g/mol. The minimum atomic E-state index is -1.11. The number of unbranched alkanes of at least 4 members (excludes halogenated alkanes) is 1. The molecule has 39 heavy (non-hydrogen) atoms. The number of amides is 3. The minimum Gasteiger partial charge on any atom is -0.359 e. The largest absolute Gasteiger partial charge is 0.359 e. The second-order valence-electron chi connectivity index (χ2n) is 11.6. The van der Waals surface area contributed by atoms with E-state index in [4.69, 9.17) is 4.74 Å². The summed E-state index contributed by atoms with van der Waals surface area (Å²) in [4.78, 5) is 45.5. The number of fused-ring (bicyclic) bond motifs is 1. The van der Waals surface area contributed by atoms with Crippen LogP contribution in [0, 0.1) is 11.8 Å². The third-order valence-corrected chi connectivity index (χ3v) is 9.35. The third-order valence-electron chi connectivity index (χ3n) is 8.82. The van der Waals surface area contributed by atoms with Crippen molar-refractivity contribution in [2.45, 2.75) is 82.1 Å². The van der Waals surface area contributed by atoms with E-state index in [2.05, 4.69) is 45.4 Å². The molecule has 9 heteroatoms. The fourth-order valence-electron chi connectivity index (χ4n) is 6.84. The van der Waals surface area contributed by atoms with Crippen molar-refractivity contribution in [3.8, 4) is 0 Å². The Kier molecular flexibility index (Phi) is 8.79. The molecule has 1 aliphatic carbocycles. The number of halogens is 1. The molecule has 0 radical (unpaired) electrons. The first-order chi connectivity index (χ1) is 18.8. The van der Waals surface area contributed by atoms with Crippen LogP contribution in [0.1, 0.15) is 58.3 Å². The highest BCUT2D eigenvalue weighted by Crippen LogP contribution is 2.55. The number of hydrogen-bond donors (Lipinski definition) is 2. The van der Waals surface area contributed by atoms with Crippen molar-refractivity contribution in [1.82, 2.24) is 15.1 Å². The van der Waals surface area contributed by atoms with Gasteiger partial charge in [0.15, 0.2) is 0 Å². The van der Waals surface area contributed by atoms with E-state index in [1.807, 2.05) is 36.4 Å². The molecule has 1 spiro atoms. The number of likely N-dealkylation sites (tertiary alicyclic amines) is 1. The van der Waals surface area contributed by atoms with E-state index in [9.17, 15) is 14.4 Å². The van der Waals surface area contributed by atoms with E-state index < -0.39 is 29.6 Å². The van der Waals surface area contributed by atoms with Gasteiger partial charge in [0, 0.05) is 22.7 Å². The molecule has 2 saturated heterocycles. The number of hydrogen-bond acceptors (Lipinski definition) is 5. The van der Waals surface area contributed by atoms with Crippen molar-refractivity contribution < 1.29 is 19.1 Å². The molecule has 3 heterocycles. The zero-order valence-corrected chi connectivity index (χ0v) is 24.6. The summed E-state index contributed by atoms with van der Waals surface area (Å²) in [7, 11) is 2.10. The van der Waals surface area contributed by atoms with E-state index >= 15 is 0 Å². The zero-order valence-electron chi connectivity index (χ0n) is 23.0. The number of ether oxygens (including phenoxy) is 1. The highest BCUT2D eigenvalue weighted by molar-refractivity contribution is 9.10. The van der Waals surface area contributed by atoms with Gasteiger partial charge >= 0.3 is 0 Å². The number of benzene rings is 1. The molecular formula is C30H41BrN4O4. The summed E-state index contributed by atoms with van der Waals surface area (Å²) < 4.78 is 7.38. The average Bonchev–Trinajstić information content (AvgIpc) is 3.57. The first kappa shape index (κ1) is 28.3. The molecule has 1 aromatic carbocycles. The quantitative estimate of drug-likeness (QED) is 0.373. The van der Waals surface area contributed by atoms with Crippen LogP contribution in [0.15, 0.2) is 40.9 Å². The lowest BCUT2D eigenvalue weighted by Gasteiger charge is -2.34. The van der Waals surface area contributed by atoms with Gasteiger partial charge in [0.25, 0.3) is 0 Å². The van der Waals surface area contributed by atoms with Crippen molar-refractivity contribution in [3.05, 3.63) is 40.9 Å². The van der Waals surface area contributed by atoms with Gasteiger partial charge in [0.2, 0.25) is 17.7 Å². The number of rotatable bonds is 11. The number of carbonyl (C=O) groups is 3. The molecule has 0 aromatic heterocycles. The normalized spacial score (nSPS) is 29.7. The van der Waals surface area contributed by atoms with Gasteiger partial charge in [-0.3, -0.25) is 14.4 Å². The topological polar surface area (TPSA) is 91.0 Å². The second-order valence-corrected chi connectivity index (χ2v) is 12.5. The van der Waals surface area contributed by atoms with Crippen LogP contribution in [0.3, 0.4) is 0 Å². The maximum Gasteiger partial charge on any atom is 0.246 e. The number of nitrogens with one attached hydrogen (secondary N) is 2. The molecule has 2 N–H and O–H groups in total. The Morgan fingerprint density at radius 1 is 1.10 bits per heavy atom. The maximum absolute atomic E-state index is 14.1. The summed E-state index contributed by atoms with van der Waals surface area (Å²) in [6, 6.07) is 6.71. The second kappa shape index (κ2) is 12.1. The van der Waals surface area contributed by atoms with Crippen LogP contribution >= 0.6 is 15.9 Å². The molecule has 8 nitrogen and oxygen atoms in total. The zero-order chi connectivity index (χ0) is 27.6. The van der Waals surface area contributed by atoms with E-state index in [0.29, 0.717) is 12.2 Å². The van der Waals surface area contributed by atoms with Crippen molar-refractivity contribution in [2.24, 2.45) is 11.8 Å². The van der Waals surface area contributed by atoms with Crippen LogP contribution in [0.4, 0.5) is 5.69 Å². The van der Waals surface area contributed by atoms with Crippen LogP contribution < -0.4 is 10.6 Å². The molecular weight excluding hydrogens is 560 g/mol. The number of nitrogens with zero attached hydrogens (tertiary/aromatic N) is 2. The molecule has 5 unspecified atom stereocenters. The first-order valence-corrected chi connectivity index (χ1v) is 15.4. The Hall–Kier alpha value is -2.23. The molecule has 3 amide bonds. The lowest BCUT2D eigenvalue weighted by Crippen LogP contribution is -2.56. The van der Waals surface area contributed by atoms with Gasteiger partial charge < -0.3 is 25.2 Å². The molecule has 5 rings (SSSR count). The summed E-state index contributed by atoms with van der Waals surface area (Å²) in [5.41, 5.74) is -0.455. The van der Waals surface area contributed by atoms with Gasteiger partial charge in [0.05, 0.1) is 17.9 Å². The highest BCUT2D eigenvalue weighted by Gasteiger charge is 2.72. The fourth-order valence-corrected chi connectivity index (χ4v) is 7.11. The molecule has 4 aliphatic rings. The van der Waals surface area contributed by atoms with Crippen molar-refractivity contribution in [2.75, 3.05) is 32.0 Å². The van der Waals surface area contributed by atoms with Gasteiger partial charge in [-0.25, -0.2) is 0 Å². The fraction of sp³-hybridized carbons (Fsp3) is 0.633. The highest BCUT2D eigenvalue weighted by atomic mass is 79.9. The summed E-state index contributed by atoms with van der Waals surface area (Å²) in [5.74, 6) is -1.97. The standard InChI is InChI=1S/C30H41BrN4O4/c1-3-4-17-34(2)18-8-19-35-26(28(37)33-21-9-6-5-7-10-21)30-16-15-23(39-30)24(25(30)29(35)38)27(36)32-22-13-11-20(31)12-14-22/h11-16,21,23-26H,3-10,17-19H2,1-2H3,(H,32,36)(H,33,37). The average molecular weight is 602 g/mol. The Labute approximate surface area is 240 Å². The lowest BCUT2D eigenvalue weighted by atomic mass is 9.74. The van der Waals surface area contributed by atoms with Gasteiger partial charge in [-0.1, -0.05) is 60.7 Å². The van der Waals surface area contributed by atoms with Crippen LogP contribution in [0.5, 0.6) is 0 Å². The SMILES string of the molecule is CCCCN(C)CCCN1C(=O)C2C(C(=O)Nc3ccc(Br)cc3)C3C=CC2(O3)C1C(=O)NC1CCCCC1. The summed E-state index contributed by atoms with van der Waals surface area (Å²) >= 11 is 3.42. The molecule has 3 aliphatic heterocycles. The Morgan fingerprint density at radius 3 is 2.54 bits per heavy atom. The van der Waals surface area contributed by atoms with E-state index in [0.717, 1.165) is 62.5 Å². The van der Waals surface area contributed by atoms with Crippen molar-refractivity contribution in [3.63, 3.8) is 0 Å². The molecule has 1 saturated carbocycles. The maximum atomic E-state index is 14.1. The molecule has 1 aromatic rings. The Bertz CT molecular complexity index is 1090. The number of anilines is 1. The van der Waals surface area contributed by atoms with Crippen LogP contribution in [0.25, 0.3) is 0 Å². The predicted octanol–water partition coefficient (Wildman–Crippen LogP) is 4.11. The molecule has 212 valence electrons. The first-order valence-electron chi connectivity index (χ1n) is 14.6. The van der Waals surface area contributed by atoms with Gasteiger partial charge in [0.1, 0.15) is 11.6 Å². The van der Waals surface area contributed by atoms with Crippen molar-refractivity contribution in [1.29, 1.82) is 0 Å². The molecule has 5 atom stereocenters. The van der Waals surface area contributed by atoms with Crippen molar-refractivity contribution >= 4 is 39.3 Å². The predicted molar refractivity (Wildman–Crippen MR) is 154 cm³/mol. The Morgan fingerprint density at radius 2 is 1.82 bits per heavy atom. The summed E-state index contributed by atoms with van der Waals surface area (Å²) in [6.45, 7) is 4.48. The Balaban J connectivity index is 1.37.